The number of ether oxygens (including phenoxy) is 1. The third-order valence-corrected chi connectivity index (χ3v) is 3.21. The molecule has 0 bridgehead atoms. The quantitative estimate of drug-likeness (QED) is 0.765. The van der Waals surface area contributed by atoms with Gasteiger partial charge >= 0.3 is 0 Å². The molecule has 0 fully saturated rings. The minimum absolute atomic E-state index is 0.665. The largest absolute Gasteiger partial charge is 0.497 e. The molecule has 1 heterocycles. The summed E-state index contributed by atoms with van der Waals surface area (Å²) in [5, 5.41) is 3.36. The third kappa shape index (κ3) is 3.92. The SMILES string of the molecule is CCc1ncc(NCCCN)c(-c2ccc(OC)cc2)n1. The van der Waals surface area contributed by atoms with Gasteiger partial charge in [-0.25, -0.2) is 9.97 Å². The van der Waals surface area contributed by atoms with Crippen LogP contribution in [0.4, 0.5) is 5.69 Å². The van der Waals surface area contributed by atoms with Gasteiger partial charge in [0.15, 0.2) is 0 Å². The molecule has 2 aromatic rings. The highest BCUT2D eigenvalue weighted by Gasteiger charge is 2.09. The van der Waals surface area contributed by atoms with Crippen LogP contribution < -0.4 is 15.8 Å². The fourth-order valence-corrected chi connectivity index (χ4v) is 2.01. The number of anilines is 1. The van der Waals surface area contributed by atoms with Crippen LogP contribution in [0.1, 0.15) is 19.2 Å². The molecule has 0 atom stereocenters. The van der Waals surface area contributed by atoms with Crippen LogP contribution in [-0.2, 0) is 6.42 Å². The predicted molar refractivity (Wildman–Crippen MR) is 85.6 cm³/mol. The van der Waals surface area contributed by atoms with Gasteiger partial charge in [0.2, 0.25) is 0 Å². The Bertz CT molecular complexity index is 569. The molecule has 0 amide bonds. The van der Waals surface area contributed by atoms with Crippen LogP contribution in [0.2, 0.25) is 0 Å². The number of nitrogens with two attached hydrogens (primary N) is 1. The molecule has 0 spiro atoms. The average molecular weight is 286 g/mol. The second-order valence-corrected chi connectivity index (χ2v) is 4.70. The molecule has 112 valence electrons. The Labute approximate surface area is 125 Å². The summed E-state index contributed by atoms with van der Waals surface area (Å²) in [6, 6.07) is 7.89. The van der Waals surface area contributed by atoms with E-state index in [1.165, 1.54) is 0 Å². The summed E-state index contributed by atoms with van der Waals surface area (Å²) < 4.78 is 5.20. The fourth-order valence-electron chi connectivity index (χ4n) is 2.01. The van der Waals surface area contributed by atoms with Crippen molar-refractivity contribution >= 4 is 5.69 Å². The van der Waals surface area contributed by atoms with Gasteiger partial charge in [0, 0.05) is 18.5 Å². The standard InChI is InChI=1S/C16H22N4O/c1-3-15-19-11-14(18-10-4-9-17)16(20-15)12-5-7-13(21-2)8-6-12/h5-8,11,18H,3-4,9-10,17H2,1-2H3. The van der Waals surface area contributed by atoms with E-state index in [0.717, 1.165) is 47.9 Å². The van der Waals surface area contributed by atoms with Gasteiger partial charge in [-0.1, -0.05) is 6.92 Å². The van der Waals surface area contributed by atoms with Crippen molar-refractivity contribution in [2.75, 3.05) is 25.5 Å². The summed E-state index contributed by atoms with van der Waals surface area (Å²) in [6.45, 7) is 3.53. The van der Waals surface area contributed by atoms with Crippen molar-refractivity contribution in [3.63, 3.8) is 0 Å². The van der Waals surface area contributed by atoms with E-state index < -0.39 is 0 Å². The summed E-state index contributed by atoms with van der Waals surface area (Å²) in [5.74, 6) is 1.67. The maximum Gasteiger partial charge on any atom is 0.128 e. The van der Waals surface area contributed by atoms with Crippen molar-refractivity contribution < 1.29 is 4.74 Å². The highest BCUT2D eigenvalue weighted by atomic mass is 16.5. The summed E-state index contributed by atoms with van der Waals surface area (Å²) in [6.07, 6.45) is 3.58. The van der Waals surface area contributed by atoms with Gasteiger partial charge in [-0.3, -0.25) is 0 Å². The monoisotopic (exact) mass is 286 g/mol. The number of aryl methyl sites for hydroxylation is 1. The van der Waals surface area contributed by atoms with Crippen molar-refractivity contribution in [2.24, 2.45) is 5.73 Å². The van der Waals surface area contributed by atoms with Crippen LogP contribution in [0.5, 0.6) is 5.75 Å². The second-order valence-electron chi connectivity index (χ2n) is 4.70. The summed E-state index contributed by atoms with van der Waals surface area (Å²) in [5.41, 5.74) is 8.43. The molecule has 0 aliphatic carbocycles. The number of nitrogens with zero attached hydrogens (tertiary/aromatic N) is 2. The molecular formula is C16H22N4O. The van der Waals surface area contributed by atoms with Gasteiger partial charge in [0.05, 0.1) is 24.7 Å². The van der Waals surface area contributed by atoms with Crippen molar-refractivity contribution in [3.8, 4) is 17.0 Å². The van der Waals surface area contributed by atoms with E-state index in [2.05, 4.69) is 22.2 Å². The smallest absolute Gasteiger partial charge is 0.128 e. The minimum Gasteiger partial charge on any atom is -0.497 e. The normalized spacial score (nSPS) is 10.4. The van der Waals surface area contributed by atoms with Crippen LogP contribution in [0, 0.1) is 0 Å². The van der Waals surface area contributed by atoms with E-state index >= 15 is 0 Å². The highest BCUT2D eigenvalue weighted by Crippen LogP contribution is 2.27. The van der Waals surface area contributed by atoms with Gasteiger partial charge < -0.3 is 15.8 Å². The third-order valence-electron chi connectivity index (χ3n) is 3.21. The lowest BCUT2D eigenvalue weighted by Crippen LogP contribution is -2.10. The maximum atomic E-state index is 5.53. The number of nitrogens with one attached hydrogen (secondary N) is 1. The Balaban J connectivity index is 2.32. The second kappa shape index (κ2) is 7.59. The van der Waals surface area contributed by atoms with Gasteiger partial charge in [-0.15, -0.1) is 0 Å². The Morgan fingerprint density at radius 1 is 1.24 bits per heavy atom. The molecule has 0 unspecified atom stereocenters. The Hall–Kier alpha value is -2.14. The van der Waals surface area contributed by atoms with Crippen LogP contribution in [-0.4, -0.2) is 30.2 Å². The molecule has 0 saturated heterocycles. The number of hydrogen-bond donors (Lipinski definition) is 2. The lowest BCUT2D eigenvalue weighted by molar-refractivity contribution is 0.415. The average Bonchev–Trinajstić information content (AvgIpc) is 2.55. The molecule has 1 aromatic heterocycles. The van der Waals surface area contributed by atoms with Gasteiger partial charge in [-0.2, -0.15) is 0 Å². The fraction of sp³-hybridized carbons (Fsp3) is 0.375. The first kappa shape index (κ1) is 15.3. The van der Waals surface area contributed by atoms with Crippen LogP contribution in [0.3, 0.4) is 0 Å². The lowest BCUT2D eigenvalue weighted by Gasteiger charge is -2.12. The first-order valence-electron chi connectivity index (χ1n) is 7.22. The van der Waals surface area contributed by atoms with E-state index in [9.17, 15) is 0 Å². The number of methoxy groups -OCH3 is 1. The van der Waals surface area contributed by atoms with Crippen molar-refractivity contribution in [1.29, 1.82) is 0 Å². The summed E-state index contributed by atoms with van der Waals surface area (Å²) >= 11 is 0. The zero-order chi connectivity index (χ0) is 15.1. The number of hydrogen-bond acceptors (Lipinski definition) is 5. The van der Waals surface area contributed by atoms with E-state index in [0.29, 0.717) is 6.54 Å². The number of aromatic nitrogens is 2. The van der Waals surface area contributed by atoms with E-state index in [4.69, 9.17) is 10.5 Å². The summed E-state index contributed by atoms with van der Waals surface area (Å²) in [7, 11) is 1.66. The van der Waals surface area contributed by atoms with E-state index in [1.807, 2.05) is 30.5 Å². The molecule has 0 saturated carbocycles. The molecule has 0 radical (unpaired) electrons. The molecule has 3 N–H and O–H groups in total. The van der Waals surface area contributed by atoms with Crippen molar-refractivity contribution in [1.82, 2.24) is 9.97 Å². The number of benzene rings is 1. The molecule has 0 aliphatic rings. The molecular weight excluding hydrogens is 264 g/mol. The van der Waals surface area contributed by atoms with E-state index in [1.54, 1.807) is 7.11 Å². The van der Waals surface area contributed by atoms with Crippen molar-refractivity contribution in [2.45, 2.75) is 19.8 Å². The molecule has 5 heteroatoms. The summed E-state index contributed by atoms with van der Waals surface area (Å²) in [4.78, 5) is 9.02. The Kier molecular flexibility index (Phi) is 5.51. The van der Waals surface area contributed by atoms with Crippen LogP contribution in [0.15, 0.2) is 30.5 Å². The Morgan fingerprint density at radius 3 is 2.62 bits per heavy atom. The van der Waals surface area contributed by atoms with Crippen LogP contribution in [0.25, 0.3) is 11.3 Å². The predicted octanol–water partition coefficient (Wildman–Crippen LogP) is 2.48. The van der Waals surface area contributed by atoms with Gasteiger partial charge in [0.1, 0.15) is 11.6 Å². The van der Waals surface area contributed by atoms with Crippen LogP contribution >= 0.6 is 0 Å². The van der Waals surface area contributed by atoms with E-state index in [-0.39, 0.29) is 0 Å². The zero-order valence-electron chi connectivity index (χ0n) is 12.6. The lowest BCUT2D eigenvalue weighted by atomic mass is 10.1. The molecule has 1 aromatic carbocycles. The molecule has 21 heavy (non-hydrogen) atoms. The number of rotatable bonds is 7. The first-order valence-corrected chi connectivity index (χ1v) is 7.22. The minimum atomic E-state index is 0.665. The topological polar surface area (TPSA) is 73.1 Å². The molecule has 5 nitrogen and oxygen atoms in total. The van der Waals surface area contributed by atoms with Gasteiger partial charge in [-0.05, 0) is 37.2 Å². The first-order chi connectivity index (χ1) is 10.3. The zero-order valence-corrected chi connectivity index (χ0v) is 12.6. The highest BCUT2D eigenvalue weighted by molar-refractivity contribution is 5.73. The molecule has 2 rings (SSSR count). The molecule has 0 aliphatic heterocycles. The Morgan fingerprint density at radius 2 is 2.00 bits per heavy atom. The van der Waals surface area contributed by atoms with Crippen molar-refractivity contribution in [3.05, 3.63) is 36.3 Å². The van der Waals surface area contributed by atoms with Gasteiger partial charge in [0.25, 0.3) is 0 Å². The maximum absolute atomic E-state index is 5.53.